The number of aryl methyl sites for hydroxylation is 3. The number of hydrogen-bond acceptors (Lipinski definition) is 2. The maximum Gasteiger partial charge on any atom is 0.335 e. The van der Waals surface area contributed by atoms with E-state index < -0.39 is 5.97 Å². The minimum atomic E-state index is -0.902. The van der Waals surface area contributed by atoms with E-state index in [1.54, 1.807) is 12.1 Å². The van der Waals surface area contributed by atoms with E-state index in [4.69, 9.17) is 0 Å². The summed E-state index contributed by atoms with van der Waals surface area (Å²) < 4.78 is 2.15. The molecule has 0 aliphatic carbocycles. The van der Waals surface area contributed by atoms with Crippen LogP contribution in [0.3, 0.4) is 0 Å². The van der Waals surface area contributed by atoms with Crippen molar-refractivity contribution in [3.8, 4) is 0 Å². The van der Waals surface area contributed by atoms with Crippen LogP contribution in [0.25, 0.3) is 32.6 Å². The molecular weight excluding hydrogens is 288 g/mol. The first kappa shape index (κ1) is 13.8. The zero-order valence-electron chi connectivity index (χ0n) is 13.2. The van der Waals surface area contributed by atoms with Gasteiger partial charge in [0.2, 0.25) is 0 Å². The molecule has 0 atom stereocenters. The van der Waals surface area contributed by atoms with Gasteiger partial charge in [-0.3, -0.25) is 4.98 Å². The standard InChI is InChI=1S/C19H16N2O2/c1-10-15-9-20-7-6-13(15)11(2)18-17(10)14-8-12(19(22)23)4-5-16(14)21(18)3/h4-9H,1-3H3,(H,22,23). The zero-order chi connectivity index (χ0) is 16.3. The van der Waals surface area contributed by atoms with Gasteiger partial charge in [-0.05, 0) is 54.6 Å². The Kier molecular flexibility index (Phi) is 2.73. The Hall–Kier alpha value is -2.88. The van der Waals surface area contributed by atoms with Crippen LogP contribution >= 0.6 is 0 Å². The van der Waals surface area contributed by atoms with Crippen molar-refractivity contribution >= 4 is 38.5 Å². The molecule has 4 rings (SSSR count). The summed E-state index contributed by atoms with van der Waals surface area (Å²) in [5, 5.41) is 13.7. The van der Waals surface area contributed by atoms with Gasteiger partial charge in [0.15, 0.2) is 0 Å². The van der Waals surface area contributed by atoms with Crippen LogP contribution in [0.2, 0.25) is 0 Å². The number of fused-ring (bicyclic) bond motifs is 4. The first-order valence-electron chi connectivity index (χ1n) is 7.49. The van der Waals surface area contributed by atoms with Gasteiger partial charge in [0.25, 0.3) is 0 Å². The zero-order valence-corrected chi connectivity index (χ0v) is 13.2. The van der Waals surface area contributed by atoms with Gasteiger partial charge in [-0.15, -0.1) is 0 Å². The number of nitrogens with zero attached hydrogens (tertiary/aromatic N) is 2. The predicted octanol–water partition coefficient (Wildman–Crippen LogP) is 4.19. The van der Waals surface area contributed by atoms with Crippen molar-refractivity contribution in [2.24, 2.45) is 7.05 Å². The summed E-state index contributed by atoms with van der Waals surface area (Å²) in [6.45, 7) is 4.19. The van der Waals surface area contributed by atoms with Crippen molar-refractivity contribution in [2.45, 2.75) is 13.8 Å². The van der Waals surface area contributed by atoms with Crippen LogP contribution in [-0.4, -0.2) is 20.6 Å². The average molecular weight is 304 g/mol. The maximum absolute atomic E-state index is 11.3. The molecule has 1 N–H and O–H groups in total. The Morgan fingerprint density at radius 1 is 1.09 bits per heavy atom. The second-order valence-electron chi connectivity index (χ2n) is 5.99. The van der Waals surface area contributed by atoms with Crippen LogP contribution in [0.15, 0.2) is 36.7 Å². The van der Waals surface area contributed by atoms with Crippen LogP contribution in [0.4, 0.5) is 0 Å². The van der Waals surface area contributed by atoms with Gasteiger partial charge < -0.3 is 9.67 Å². The number of carboxylic acid groups (broad SMARTS) is 1. The third-order valence-electron chi connectivity index (χ3n) is 4.81. The number of hydrogen-bond donors (Lipinski definition) is 1. The lowest BCUT2D eigenvalue weighted by Crippen LogP contribution is -1.95. The smallest absolute Gasteiger partial charge is 0.335 e. The molecule has 114 valence electrons. The van der Waals surface area contributed by atoms with Crippen molar-refractivity contribution < 1.29 is 9.90 Å². The van der Waals surface area contributed by atoms with Crippen molar-refractivity contribution in [3.05, 3.63) is 53.3 Å². The molecule has 0 spiro atoms. The van der Waals surface area contributed by atoms with E-state index in [1.807, 2.05) is 31.6 Å². The molecule has 0 saturated carbocycles. The molecular formula is C19H16N2O2. The number of carbonyl (C=O) groups is 1. The number of aromatic carboxylic acids is 1. The van der Waals surface area contributed by atoms with Crippen LogP contribution < -0.4 is 0 Å². The molecule has 0 saturated heterocycles. The number of pyridine rings is 1. The fourth-order valence-corrected chi connectivity index (χ4v) is 3.68. The predicted molar refractivity (Wildman–Crippen MR) is 92.2 cm³/mol. The summed E-state index contributed by atoms with van der Waals surface area (Å²) >= 11 is 0. The molecule has 0 aliphatic rings. The lowest BCUT2D eigenvalue weighted by molar-refractivity contribution is 0.0697. The lowest BCUT2D eigenvalue weighted by Gasteiger charge is -2.10. The number of rotatable bonds is 1. The molecule has 0 amide bonds. The topological polar surface area (TPSA) is 55.1 Å². The van der Waals surface area contributed by atoms with Crippen LogP contribution in [0.1, 0.15) is 21.5 Å². The van der Waals surface area contributed by atoms with E-state index in [0.717, 1.165) is 32.8 Å². The van der Waals surface area contributed by atoms with E-state index in [2.05, 4.69) is 23.4 Å². The van der Waals surface area contributed by atoms with E-state index >= 15 is 0 Å². The van der Waals surface area contributed by atoms with Crippen LogP contribution in [0, 0.1) is 13.8 Å². The molecule has 2 heterocycles. The molecule has 0 bridgehead atoms. The Morgan fingerprint density at radius 3 is 2.61 bits per heavy atom. The highest BCUT2D eigenvalue weighted by atomic mass is 16.4. The fraction of sp³-hybridized carbons (Fsp3) is 0.158. The highest BCUT2D eigenvalue weighted by molar-refractivity contribution is 6.17. The molecule has 0 aliphatic heterocycles. The molecule has 0 fully saturated rings. The summed E-state index contributed by atoms with van der Waals surface area (Å²) in [4.78, 5) is 15.6. The Balaban J connectivity index is 2.33. The second-order valence-corrected chi connectivity index (χ2v) is 5.99. The van der Waals surface area contributed by atoms with E-state index in [0.29, 0.717) is 5.56 Å². The summed E-state index contributed by atoms with van der Waals surface area (Å²) in [7, 11) is 2.03. The highest BCUT2D eigenvalue weighted by Gasteiger charge is 2.17. The Bertz CT molecular complexity index is 1120. The van der Waals surface area contributed by atoms with Gasteiger partial charge in [-0.25, -0.2) is 4.79 Å². The van der Waals surface area contributed by atoms with Gasteiger partial charge in [0.1, 0.15) is 0 Å². The normalized spacial score (nSPS) is 11.6. The van der Waals surface area contributed by atoms with E-state index in [-0.39, 0.29) is 0 Å². The summed E-state index contributed by atoms with van der Waals surface area (Å²) in [5.74, 6) is -0.902. The maximum atomic E-state index is 11.3. The first-order valence-corrected chi connectivity index (χ1v) is 7.49. The van der Waals surface area contributed by atoms with Crippen molar-refractivity contribution in [1.82, 2.24) is 9.55 Å². The molecule has 2 aromatic heterocycles. The second kappa shape index (κ2) is 4.56. The summed E-state index contributed by atoms with van der Waals surface area (Å²) in [6.07, 6.45) is 3.70. The summed E-state index contributed by atoms with van der Waals surface area (Å²) in [6, 6.07) is 7.36. The van der Waals surface area contributed by atoms with Gasteiger partial charge in [-0.1, -0.05) is 0 Å². The van der Waals surface area contributed by atoms with Crippen molar-refractivity contribution in [1.29, 1.82) is 0 Å². The first-order chi connectivity index (χ1) is 11.0. The molecule has 2 aromatic carbocycles. The fourth-order valence-electron chi connectivity index (χ4n) is 3.68. The molecule has 0 radical (unpaired) electrons. The number of aromatic nitrogens is 2. The quantitative estimate of drug-likeness (QED) is 0.573. The molecule has 0 unspecified atom stereocenters. The van der Waals surface area contributed by atoms with Gasteiger partial charge in [-0.2, -0.15) is 0 Å². The average Bonchev–Trinajstić information content (AvgIpc) is 2.85. The van der Waals surface area contributed by atoms with Gasteiger partial charge >= 0.3 is 5.97 Å². The molecule has 4 nitrogen and oxygen atoms in total. The van der Waals surface area contributed by atoms with Gasteiger partial charge in [0.05, 0.1) is 11.1 Å². The van der Waals surface area contributed by atoms with E-state index in [9.17, 15) is 9.90 Å². The third-order valence-corrected chi connectivity index (χ3v) is 4.81. The third kappa shape index (κ3) is 1.72. The van der Waals surface area contributed by atoms with E-state index in [1.165, 1.54) is 10.9 Å². The minimum Gasteiger partial charge on any atom is -0.478 e. The lowest BCUT2D eigenvalue weighted by atomic mass is 9.96. The Morgan fingerprint density at radius 2 is 1.87 bits per heavy atom. The van der Waals surface area contributed by atoms with Crippen molar-refractivity contribution in [2.75, 3.05) is 0 Å². The van der Waals surface area contributed by atoms with Crippen LogP contribution in [0.5, 0.6) is 0 Å². The minimum absolute atomic E-state index is 0.313. The number of benzene rings is 2. The number of carboxylic acids is 1. The molecule has 23 heavy (non-hydrogen) atoms. The monoisotopic (exact) mass is 304 g/mol. The van der Waals surface area contributed by atoms with Crippen LogP contribution in [-0.2, 0) is 7.05 Å². The SMILES string of the molecule is Cc1c2cnccc2c(C)c2c1c1cc(C(=O)O)ccc1n2C. The highest BCUT2D eigenvalue weighted by Crippen LogP contribution is 2.38. The largest absolute Gasteiger partial charge is 0.478 e. The Labute approximate surface area is 133 Å². The molecule has 4 aromatic rings. The summed E-state index contributed by atoms with van der Waals surface area (Å²) in [5.41, 5.74) is 4.84. The van der Waals surface area contributed by atoms with Crippen molar-refractivity contribution in [3.63, 3.8) is 0 Å². The van der Waals surface area contributed by atoms with Gasteiger partial charge in [0, 0.05) is 41.1 Å². The molecule has 4 heteroatoms.